The third-order valence-electron chi connectivity index (χ3n) is 4.36. The van der Waals surface area contributed by atoms with Crippen molar-refractivity contribution < 1.29 is 22.3 Å². The molecule has 0 saturated heterocycles. The van der Waals surface area contributed by atoms with Crippen molar-refractivity contribution in [3.63, 3.8) is 0 Å². The van der Waals surface area contributed by atoms with Gasteiger partial charge in [0.05, 0.1) is 12.8 Å². The number of fused-ring (bicyclic) bond motifs is 1. The number of carbonyl (C=O) groups excluding carboxylic acids is 1. The number of benzene rings is 2. The summed E-state index contributed by atoms with van der Waals surface area (Å²) in [7, 11) is 0.388. The highest BCUT2D eigenvalue weighted by Crippen LogP contribution is 2.32. The van der Waals surface area contributed by atoms with Gasteiger partial charge in [-0.3, -0.25) is 4.79 Å². The zero-order valence-corrected chi connectivity index (χ0v) is 15.5. The molecule has 6 nitrogen and oxygen atoms in total. The van der Waals surface area contributed by atoms with Crippen LogP contribution in [-0.2, 0) is 16.4 Å². The molecular formula is C18H19FN2O4S. The van der Waals surface area contributed by atoms with Crippen LogP contribution < -0.4 is 9.64 Å². The number of nitrogens with zero attached hydrogens (tertiary/aromatic N) is 2. The van der Waals surface area contributed by atoms with E-state index in [1.54, 1.807) is 6.07 Å². The van der Waals surface area contributed by atoms with Crippen LogP contribution in [0.2, 0.25) is 0 Å². The van der Waals surface area contributed by atoms with E-state index < -0.39 is 15.8 Å². The lowest BCUT2D eigenvalue weighted by Gasteiger charge is -2.19. The maximum atomic E-state index is 13.6. The number of anilines is 1. The number of halogens is 1. The molecule has 26 heavy (non-hydrogen) atoms. The Kier molecular flexibility index (Phi) is 4.72. The van der Waals surface area contributed by atoms with Gasteiger partial charge in [0.15, 0.2) is 0 Å². The van der Waals surface area contributed by atoms with Crippen LogP contribution in [0, 0.1) is 5.82 Å². The Labute approximate surface area is 151 Å². The average molecular weight is 378 g/mol. The van der Waals surface area contributed by atoms with Crippen molar-refractivity contribution in [3.05, 3.63) is 53.3 Å². The monoisotopic (exact) mass is 378 g/mol. The van der Waals surface area contributed by atoms with E-state index in [1.165, 1.54) is 56.4 Å². The molecule has 0 bridgehead atoms. The summed E-state index contributed by atoms with van der Waals surface area (Å²) in [6.45, 7) is 0.416. The van der Waals surface area contributed by atoms with Crippen LogP contribution in [-0.4, -0.2) is 46.4 Å². The van der Waals surface area contributed by atoms with Crippen molar-refractivity contribution in [2.45, 2.75) is 11.3 Å². The van der Waals surface area contributed by atoms with Gasteiger partial charge in [-0.05, 0) is 42.3 Å². The fourth-order valence-corrected chi connectivity index (χ4v) is 4.00. The smallest absolute Gasteiger partial charge is 0.258 e. The van der Waals surface area contributed by atoms with Crippen molar-refractivity contribution in [3.8, 4) is 5.75 Å². The number of hydrogen-bond donors (Lipinski definition) is 0. The second kappa shape index (κ2) is 6.69. The molecule has 2 aromatic carbocycles. The first-order valence-electron chi connectivity index (χ1n) is 7.96. The Morgan fingerprint density at radius 2 is 1.92 bits per heavy atom. The highest BCUT2D eigenvalue weighted by atomic mass is 32.2. The third kappa shape index (κ3) is 3.06. The topological polar surface area (TPSA) is 66.9 Å². The van der Waals surface area contributed by atoms with E-state index in [-0.39, 0.29) is 22.1 Å². The van der Waals surface area contributed by atoms with Gasteiger partial charge in [0.1, 0.15) is 16.5 Å². The van der Waals surface area contributed by atoms with Crippen LogP contribution >= 0.6 is 0 Å². The van der Waals surface area contributed by atoms with Crippen LogP contribution in [0.15, 0.2) is 41.3 Å². The van der Waals surface area contributed by atoms with Crippen LogP contribution in [0.25, 0.3) is 0 Å². The van der Waals surface area contributed by atoms with E-state index in [1.807, 2.05) is 0 Å². The molecule has 0 saturated carbocycles. The molecule has 0 radical (unpaired) electrons. The average Bonchev–Trinajstić information content (AvgIpc) is 3.03. The standard InChI is InChI=1S/C18H19FN2O4S/c1-20(2)26(23,24)17-10-13(5-7-16(17)25-3)18(22)21-9-8-12-4-6-14(19)11-15(12)21/h4-7,10-11H,8-9H2,1-3H3. The number of sulfonamides is 1. The molecule has 0 N–H and O–H groups in total. The lowest BCUT2D eigenvalue weighted by atomic mass is 10.1. The minimum Gasteiger partial charge on any atom is -0.495 e. The number of methoxy groups -OCH3 is 1. The Morgan fingerprint density at radius 3 is 2.58 bits per heavy atom. The normalized spacial score (nSPS) is 13.8. The summed E-state index contributed by atoms with van der Waals surface area (Å²) >= 11 is 0. The summed E-state index contributed by atoms with van der Waals surface area (Å²) in [5.41, 5.74) is 1.60. The number of rotatable bonds is 4. The molecule has 8 heteroatoms. The Morgan fingerprint density at radius 1 is 1.19 bits per heavy atom. The maximum Gasteiger partial charge on any atom is 0.258 e. The third-order valence-corrected chi connectivity index (χ3v) is 6.19. The second-order valence-corrected chi connectivity index (χ2v) is 8.25. The number of ether oxygens (including phenoxy) is 1. The maximum absolute atomic E-state index is 13.6. The van der Waals surface area contributed by atoms with Gasteiger partial charge >= 0.3 is 0 Å². The van der Waals surface area contributed by atoms with E-state index in [9.17, 15) is 17.6 Å². The number of carbonyl (C=O) groups is 1. The fraction of sp³-hybridized carbons (Fsp3) is 0.278. The first-order chi connectivity index (χ1) is 12.3. The first-order valence-corrected chi connectivity index (χ1v) is 9.40. The number of amides is 1. The lowest BCUT2D eigenvalue weighted by Crippen LogP contribution is -2.29. The van der Waals surface area contributed by atoms with E-state index in [4.69, 9.17) is 4.74 Å². The molecule has 0 fully saturated rings. The predicted molar refractivity (Wildman–Crippen MR) is 95.6 cm³/mol. The highest BCUT2D eigenvalue weighted by molar-refractivity contribution is 7.89. The summed E-state index contributed by atoms with van der Waals surface area (Å²) < 4.78 is 44.8. The molecule has 1 aliphatic heterocycles. The minimum absolute atomic E-state index is 0.0884. The molecule has 1 aliphatic rings. The zero-order chi connectivity index (χ0) is 19.1. The van der Waals surface area contributed by atoms with Crippen molar-refractivity contribution in [2.75, 3.05) is 32.6 Å². The summed E-state index contributed by atoms with van der Waals surface area (Å²) in [6.07, 6.45) is 0.625. The van der Waals surface area contributed by atoms with E-state index >= 15 is 0 Å². The quantitative estimate of drug-likeness (QED) is 0.819. The Hall–Kier alpha value is -2.45. The predicted octanol–water partition coefficient (Wildman–Crippen LogP) is 2.29. The van der Waals surface area contributed by atoms with E-state index in [2.05, 4.69) is 0 Å². The van der Waals surface area contributed by atoms with Gasteiger partial charge < -0.3 is 9.64 Å². The fourth-order valence-electron chi connectivity index (χ4n) is 2.93. The molecule has 0 aliphatic carbocycles. The molecule has 138 valence electrons. The van der Waals surface area contributed by atoms with Crippen LogP contribution in [0.3, 0.4) is 0 Å². The van der Waals surface area contributed by atoms with Crippen molar-refractivity contribution >= 4 is 21.6 Å². The van der Waals surface area contributed by atoms with Crippen LogP contribution in [0.5, 0.6) is 5.75 Å². The molecule has 0 aromatic heterocycles. The van der Waals surface area contributed by atoms with Gasteiger partial charge in [0.2, 0.25) is 10.0 Å². The number of hydrogen-bond acceptors (Lipinski definition) is 4. The van der Waals surface area contributed by atoms with Crippen molar-refractivity contribution in [2.24, 2.45) is 0 Å². The van der Waals surface area contributed by atoms with Gasteiger partial charge in [-0.25, -0.2) is 17.1 Å². The van der Waals surface area contributed by atoms with Crippen LogP contribution in [0.1, 0.15) is 15.9 Å². The summed E-state index contributed by atoms with van der Waals surface area (Å²) in [4.78, 5) is 14.3. The van der Waals surface area contributed by atoms with Gasteiger partial charge in [-0.2, -0.15) is 0 Å². The minimum atomic E-state index is -3.79. The second-order valence-electron chi connectivity index (χ2n) is 6.13. The van der Waals surface area contributed by atoms with Gasteiger partial charge in [0.25, 0.3) is 5.91 Å². The molecule has 1 amide bonds. The molecule has 0 spiro atoms. The first kappa shape index (κ1) is 18.3. The molecule has 2 aromatic rings. The highest BCUT2D eigenvalue weighted by Gasteiger charge is 2.29. The van der Waals surface area contributed by atoms with Gasteiger partial charge in [0, 0.05) is 26.2 Å². The van der Waals surface area contributed by atoms with Gasteiger partial charge in [-0.1, -0.05) is 6.07 Å². The summed E-state index contributed by atoms with van der Waals surface area (Å²) in [5, 5.41) is 0. The van der Waals surface area contributed by atoms with E-state index in [0.717, 1.165) is 9.87 Å². The zero-order valence-electron chi connectivity index (χ0n) is 14.7. The molecule has 3 rings (SSSR count). The van der Waals surface area contributed by atoms with E-state index in [0.29, 0.717) is 18.7 Å². The van der Waals surface area contributed by atoms with Crippen molar-refractivity contribution in [1.82, 2.24) is 4.31 Å². The SMILES string of the molecule is COc1ccc(C(=O)N2CCc3ccc(F)cc32)cc1S(=O)(=O)N(C)C. The lowest BCUT2D eigenvalue weighted by molar-refractivity contribution is 0.0989. The summed E-state index contributed by atoms with van der Waals surface area (Å²) in [5.74, 6) is -0.649. The molecular weight excluding hydrogens is 359 g/mol. The molecule has 1 heterocycles. The van der Waals surface area contributed by atoms with Crippen LogP contribution in [0.4, 0.5) is 10.1 Å². The molecule has 0 atom stereocenters. The largest absolute Gasteiger partial charge is 0.495 e. The Bertz CT molecular complexity index is 973. The van der Waals surface area contributed by atoms with Crippen molar-refractivity contribution in [1.29, 1.82) is 0 Å². The van der Waals surface area contributed by atoms with Gasteiger partial charge in [-0.15, -0.1) is 0 Å². The molecule has 0 unspecified atom stereocenters. The Balaban J connectivity index is 2.04. The summed E-state index contributed by atoms with van der Waals surface area (Å²) in [6, 6.07) is 8.60.